The van der Waals surface area contributed by atoms with Crippen molar-refractivity contribution in [2.75, 3.05) is 26.3 Å². The van der Waals surface area contributed by atoms with Crippen LogP contribution in [0.3, 0.4) is 0 Å². The van der Waals surface area contributed by atoms with Crippen molar-refractivity contribution in [2.24, 2.45) is 5.92 Å². The molecule has 0 amide bonds. The second-order valence-electron chi connectivity index (χ2n) is 4.27. The van der Waals surface area contributed by atoms with Gasteiger partial charge in [0.25, 0.3) is 0 Å². The molecule has 0 unspecified atom stereocenters. The number of rotatable bonds is 9. The molecule has 0 aromatic rings. The zero-order chi connectivity index (χ0) is 12.2. The average molecular weight is 246 g/mol. The van der Waals surface area contributed by atoms with Crippen molar-refractivity contribution in [3.63, 3.8) is 0 Å². The van der Waals surface area contributed by atoms with Gasteiger partial charge < -0.3 is 15.4 Å². The highest BCUT2D eigenvalue weighted by Gasteiger charge is 1.96. The fourth-order valence-corrected chi connectivity index (χ4v) is 1.50. The van der Waals surface area contributed by atoms with Crippen LogP contribution in [0.1, 0.15) is 40.0 Å². The third-order valence-corrected chi connectivity index (χ3v) is 2.49. The molecular weight excluding hydrogens is 220 g/mol. The summed E-state index contributed by atoms with van der Waals surface area (Å²) >= 11 is 5.15. The number of hydrogen-bond donors (Lipinski definition) is 2. The van der Waals surface area contributed by atoms with Crippen molar-refractivity contribution in [1.29, 1.82) is 0 Å². The molecule has 0 spiro atoms. The minimum absolute atomic E-state index is 0.764. The molecule has 0 aliphatic carbocycles. The minimum atomic E-state index is 0.764. The summed E-state index contributed by atoms with van der Waals surface area (Å²) in [6.07, 6.45) is 3.43. The number of ether oxygens (including phenoxy) is 1. The normalized spacial score (nSPS) is 10.5. The lowest BCUT2D eigenvalue weighted by Gasteiger charge is -2.11. The molecule has 0 aliphatic rings. The standard InChI is InChI=1S/C12H26N2OS/c1-4-15-10-6-9-14-12(16)13-8-5-7-11(2)3/h11H,4-10H2,1-3H3,(H2,13,14,16). The first-order chi connectivity index (χ1) is 7.66. The van der Waals surface area contributed by atoms with E-state index in [2.05, 4.69) is 24.5 Å². The Morgan fingerprint density at radius 1 is 1.19 bits per heavy atom. The summed E-state index contributed by atoms with van der Waals surface area (Å²) in [6, 6.07) is 0. The van der Waals surface area contributed by atoms with Gasteiger partial charge >= 0.3 is 0 Å². The molecule has 0 aromatic carbocycles. The molecule has 4 heteroatoms. The molecule has 3 nitrogen and oxygen atoms in total. The SMILES string of the molecule is CCOCCCNC(=S)NCCCC(C)C. The molecule has 0 aliphatic heterocycles. The fraction of sp³-hybridized carbons (Fsp3) is 0.917. The van der Waals surface area contributed by atoms with Crippen LogP contribution in [0.5, 0.6) is 0 Å². The van der Waals surface area contributed by atoms with Gasteiger partial charge in [0.1, 0.15) is 0 Å². The summed E-state index contributed by atoms with van der Waals surface area (Å²) in [5, 5.41) is 7.14. The van der Waals surface area contributed by atoms with Gasteiger partial charge in [-0.25, -0.2) is 0 Å². The summed E-state index contributed by atoms with van der Waals surface area (Å²) in [7, 11) is 0. The fourth-order valence-electron chi connectivity index (χ4n) is 1.30. The summed E-state index contributed by atoms with van der Waals surface area (Å²) < 4.78 is 5.24. The van der Waals surface area contributed by atoms with Crippen LogP contribution in [0.2, 0.25) is 0 Å². The molecule has 96 valence electrons. The Morgan fingerprint density at radius 3 is 2.38 bits per heavy atom. The zero-order valence-electron chi connectivity index (χ0n) is 10.8. The van der Waals surface area contributed by atoms with Crippen molar-refractivity contribution in [1.82, 2.24) is 10.6 Å². The van der Waals surface area contributed by atoms with Crippen molar-refractivity contribution in [3.05, 3.63) is 0 Å². The quantitative estimate of drug-likeness (QED) is 0.483. The predicted molar refractivity (Wildman–Crippen MR) is 73.8 cm³/mol. The van der Waals surface area contributed by atoms with Crippen molar-refractivity contribution < 1.29 is 4.74 Å². The molecule has 0 saturated heterocycles. The Kier molecular flexibility index (Phi) is 10.9. The smallest absolute Gasteiger partial charge is 0.166 e. The second-order valence-corrected chi connectivity index (χ2v) is 4.68. The van der Waals surface area contributed by atoms with Crippen molar-refractivity contribution >= 4 is 17.3 Å². The number of hydrogen-bond acceptors (Lipinski definition) is 2. The lowest BCUT2D eigenvalue weighted by Crippen LogP contribution is -2.36. The largest absolute Gasteiger partial charge is 0.382 e. The summed E-state index contributed by atoms with van der Waals surface area (Å²) in [4.78, 5) is 0. The van der Waals surface area contributed by atoms with E-state index in [1.807, 2.05) is 6.92 Å². The van der Waals surface area contributed by atoms with Gasteiger partial charge in [-0.2, -0.15) is 0 Å². The Balaban J connectivity index is 3.18. The molecule has 0 bridgehead atoms. The van der Waals surface area contributed by atoms with Crippen molar-refractivity contribution in [2.45, 2.75) is 40.0 Å². The Bertz CT molecular complexity index is 174. The average Bonchev–Trinajstić information content (AvgIpc) is 2.24. The Morgan fingerprint density at radius 2 is 1.81 bits per heavy atom. The van der Waals surface area contributed by atoms with Crippen LogP contribution in [0, 0.1) is 5.92 Å². The summed E-state index contributed by atoms with van der Waals surface area (Å²) in [5.41, 5.74) is 0. The monoisotopic (exact) mass is 246 g/mol. The molecule has 0 saturated carbocycles. The Hall–Kier alpha value is -0.350. The molecule has 2 N–H and O–H groups in total. The first kappa shape index (κ1) is 15.7. The minimum Gasteiger partial charge on any atom is -0.382 e. The van der Waals surface area contributed by atoms with E-state index < -0.39 is 0 Å². The van der Waals surface area contributed by atoms with E-state index in [0.29, 0.717) is 0 Å². The van der Waals surface area contributed by atoms with Gasteiger partial charge in [-0.05, 0) is 44.3 Å². The lowest BCUT2D eigenvalue weighted by molar-refractivity contribution is 0.145. The van der Waals surface area contributed by atoms with Gasteiger partial charge in [0, 0.05) is 26.3 Å². The first-order valence-corrected chi connectivity index (χ1v) is 6.67. The van der Waals surface area contributed by atoms with E-state index in [9.17, 15) is 0 Å². The van der Waals surface area contributed by atoms with Crippen LogP contribution in [-0.4, -0.2) is 31.4 Å². The van der Waals surface area contributed by atoms with Crippen LogP contribution in [0.25, 0.3) is 0 Å². The van der Waals surface area contributed by atoms with Crippen molar-refractivity contribution in [3.8, 4) is 0 Å². The molecule has 0 radical (unpaired) electrons. The lowest BCUT2D eigenvalue weighted by atomic mass is 10.1. The van der Waals surface area contributed by atoms with Gasteiger partial charge in [0.2, 0.25) is 0 Å². The van der Waals surface area contributed by atoms with E-state index in [1.165, 1.54) is 12.8 Å². The molecule has 0 heterocycles. The van der Waals surface area contributed by atoms with Crippen LogP contribution in [0.4, 0.5) is 0 Å². The van der Waals surface area contributed by atoms with Gasteiger partial charge in [-0.15, -0.1) is 0 Å². The van der Waals surface area contributed by atoms with E-state index in [1.54, 1.807) is 0 Å². The topological polar surface area (TPSA) is 33.3 Å². The molecule has 0 atom stereocenters. The van der Waals surface area contributed by atoms with Gasteiger partial charge in [0.05, 0.1) is 0 Å². The van der Waals surface area contributed by atoms with Gasteiger partial charge in [0.15, 0.2) is 5.11 Å². The summed E-state index contributed by atoms with van der Waals surface area (Å²) in [5.74, 6) is 0.773. The maximum Gasteiger partial charge on any atom is 0.166 e. The molecule has 0 fully saturated rings. The number of thiocarbonyl (C=S) groups is 1. The third-order valence-electron chi connectivity index (χ3n) is 2.20. The molecule has 16 heavy (non-hydrogen) atoms. The highest BCUT2D eigenvalue weighted by atomic mass is 32.1. The van der Waals surface area contributed by atoms with Crippen LogP contribution in [0.15, 0.2) is 0 Å². The van der Waals surface area contributed by atoms with E-state index >= 15 is 0 Å². The van der Waals surface area contributed by atoms with Crippen LogP contribution in [-0.2, 0) is 4.74 Å². The second kappa shape index (κ2) is 11.1. The van der Waals surface area contributed by atoms with E-state index in [4.69, 9.17) is 17.0 Å². The maximum atomic E-state index is 5.24. The van der Waals surface area contributed by atoms with Gasteiger partial charge in [-0.3, -0.25) is 0 Å². The van der Waals surface area contributed by atoms with Crippen LogP contribution >= 0.6 is 12.2 Å². The maximum absolute atomic E-state index is 5.24. The zero-order valence-corrected chi connectivity index (χ0v) is 11.7. The van der Waals surface area contributed by atoms with Crippen LogP contribution < -0.4 is 10.6 Å². The van der Waals surface area contributed by atoms with Gasteiger partial charge in [-0.1, -0.05) is 13.8 Å². The number of nitrogens with one attached hydrogen (secondary N) is 2. The van der Waals surface area contributed by atoms with E-state index in [0.717, 1.165) is 43.8 Å². The van der Waals surface area contributed by atoms with E-state index in [-0.39, 0.29) is 0 Å². The molecular formula is C12H26N2OS. The highest BCUT2D eigenvalue weighted by molar-refractivity contribution is 7.80. The first-order valence-electron chi connectivity index (χ1n) is 6.26. The molecule has 0 aromatic heterocycles. The summed E-state index contributed by atoms with van der Waals surface area (Å²) in [6.45, 7) is 9.94. The Labute approximate surface area is 105 Å². The molecule has 0 rings (SSSR count). The highest BCUT2D eigenvalue weighted by Crippen LogP contribution is 2.01. The third kappa shape index (κ3) is 11.7. The predicted octanol–water partition coefficient (Wildman–Crippen LogP) is 2.31.